The highest BCUT2D eigenvalue weighted by Crippen LogP contribution is 2.20. The van der Waals surface area contributed by atoms with Gasteiger partial charge in [-0.1, -0.05) is 25.4 Å². The normalized spacial score (nSPS) is 11.1. The van der Waals surface area contributed by atoms with Gasteiger partial charge in [0.2, 0.25) is 5.78 Å². The summed E-state index contributed by atoms with van der Waals surface area (Å²) in [5.41, 5.74) is 6.93. The second kappa shape index (κ2) is 8.23. The summed E-state index contributed by atoms with van der Waals surface area (Å²) in [7, 11) is 0. The minimum Gasteiger partial charge on any atom is -0.384 e. The van der Waals surface area contributed by atoms with Crippen LogP contribution in [-0.2, 0) is 6.54 Å². The van der Waals surface area contributed by atoms with E-state index in [0.717, 1.165) is 5.56 Å². The molecular formula is C21H22ClN5O3. The average molecular weight is 428 g/mol. The monoisotopic (exact) mass is 427 g/mol. The summed E-state index contributed by atoms with van der Waals surface area (Å²) >= 11 is 5.98. The van der Waals surface area contributed by atoms with E-state index in [4.69, 9.17) is 17.3 Å². The number of H-pyrrole nitrogens is 1. The van der Waals surface area contributed by atoms with Crippen LogP contribution in [-0.4, -0.2) is 25.3 Å². The number of nitrogen functional groups attached to an aromatic ring is 1. The highest BCUT2D eigenvalue weighted by molar-refractivity contribution is 6.29. The van der Waals surface area contributed by atoms with Crippen molar-refractivity contribution < 1.29 is 4.79 Å². The third-order valence-corrected chi connectivity index (χ3v) is 4.77. The number of anilines is 1. The Balaban J connectivity index is 2.29. The molecule has 3 heterocycles. The molecule has 0 spiro atoms. The number of aromatic nitrogens is 4. The number of hydrogen-bond acceptors (Lipinski definition) is 6. The largest absolute Gasteiger partial charge is 0.384 e. The first-order valence-electron chi connectivity index (χ1n) is 9.35. The molecule has 0 aliphatic heterocycles. The van der Waals surface area contributed by atoms with Crippen LogP contribution >= 0.6 is 11.6 Å². The summed E-state index contributed by atoms with van der Waals surface area (Å²) in [5.74, 6) is -0.624. The number of nitrogens with two attached hydrogens (primary N) is 1. The van der Waals surface area contributed by atoms with Crippen LogP contribution in [0.2, 0.25) is 5.15 Å². The molecule has 3 N–H and O–H groups in total. The molecule has 0 amide bonds. The first-order chi connectivity index (χ1) is 14.1. The Morgan fingerprint density at radius 2 is 1.87 bits per heavy atom. The van der Waals surface area contributed by atoms with E-state index in [1.165, 1.54) is 4.57 Å². The van der Waals surface area contributed by atoms with Crippen LogP contribution in [0.4, 0.5) is 5.82 Å². The fourth-order valence-corrected chi connectivity index (χ4v) is 3.68. The Hall–Kier alpha value is -3.26. The number of halogens is 1. The minimum absolute atomic E-state index is 0.00255. The van der Waals surface area contributed by atoms with Gasteiger partial charge in [-0.05, 0) is 55.2 Å². The molecule has 0 aliphatic rings. The average Bonchev–Trinajstić information content (AvgIpc) is 2.61. The molecule has 0 atom stereocenters. The van der Waals surface area contributed by atoms with Gasteiger partial charge in [0.25, 0.3) is 5.56 Å². The summed E-state index contributed by atoms with van der Waals surface area (Å²) in [6.45, 7) is 7.17. The van der Waals surface area contributed by atoms with Gasteiger partial charge in [0, 0.05) is 11.3 Å². The zero-order valence-electron chi connectivity index (χ0n) is 17.1. The van der Waals surface area contributed by atoms with Gasteiger partial charge in [0.15, 0.2) is 0 Å². The summed E-state index contributed by atoms with van der Waals surface area (Å²) in [6.07, 6.45) is 0. The molecule has 0 fully saturated rings. The number of nitrogens with zero attached hydrogens (tertiary/aromatic N) is 3. The minimum atomic E-state index is -0.705. The Kier molecular flexibility index (Phi) is 5.89. The molecule has 9 heteroatoms. The third-order valence-electron chi connectivity index (χ3n) is 4.57. The van der Waals surface area contributed by atoms with Gasteiger partial charge >= 0.3 is 5.69 Å². The van der Waals surface area contributed by atoms with Crippen LogP contribution in [0.25, 0.3) is 0 Å². The Bertz CT molecular complexity index is 1220. The first kappa shape index (κ1) is 21.4. The van der Waals surface area contributed by atoms with Gasteiger partial charge in [-0.15, -0.1) is 0 Å². The van der Waals surface area contributed by atoms with E-state index in [9.17, 15) is 14.4 Å². The van der Waals surface area contributed by atoms with E-state index in [1.54, 1.807) is 39.0 Å². The van der Waals surface area contributed by atoms with Crippen molar-refractivity contribution in [3.63, 3.8) is 0 Å². The molecule has 0 unspecified atom stereocenters. The zero-order chi connectivity index (χ0) is 22.2. The van der Waals surface area contributed by atoms with E-state index < -0.39 is 17.0 Å². The molecule has 3 aromatic rings. The molecule has 0 radical (unpaired) electrons. The topological polar surface area (TPSA) is 124 Å². The number of nitrogens with one attached hydrogen (secondary N) is 1. The van der Waals surface area contributed by atoms with E-state index in [0.29, 0.717) is 11.3 Å². The highest BCUT2D eigenvalue weighted by atomic mass is 35.5. The Labute approximate surface area is 177 Å². The van der Waals surface area contributed by atoms with Crippen molar-refractivity contribution in [3.8, 4) is 0 Å². The summed E-state index contributed by atoms with van der Waals surface area (Å²) < 4.78 is 1.23. The predicted octanol–water partition coefficient (Wildman–Crippen LogP) is 2.58. The van der Waals surface area contributed by atoms with Gasteiger partial charge in [0.1, 0.15) is 22.4 Å². The smallest absolute Gasteiger partial charge is 0.329 e. The molecule has 0 saturated heterocycles. The summed E-state index contributed by atoms with van der Waals surface area (Å²) in [6, 6.07) is 6.58. The number of ketones is 1. The highest BCUT2D eigenvalue weighted by Gasteiger charge is 2.25. The van der Waals surface area contributed by atoms with E-state index in [-0.39, 0.29) is 40.4 Å². The zero-order valence-corrected chi connectivity index (χ0v) is 17.9. The molecule has 8 nitrogen and oxygen atoms in total. The fourth-order valence-electron chi connectivity index (χ4n) is 3.44. The summed E-state index contributed by atoms with van der Waals surface area (Å²) in [4.78, 5) is 49.3. The van der Waals surface area contributed by atoms with E-state index in [1.807, 2.05) is 13.0 Å². The van der Waals surface area contributed by atoms with Crippen LogP contribution < -0.4 is 17.0 Å². The van der Waals surface area contributed by atoms with Crippen molar-refractivity contribution in [3.05, 3.63) is 84.0 Å². The van der Waals surface area contributed by atoms with Crippen molar-refractivity contribution in [2.24, 2.45) is 0 Å². The van der Waals surface area contributed by atoms with Crippen LogP contribution in [0.1, 0.15) is 58.3 Å². The van der Waals surface area contributed by atoms with E-state index in [2.05, 4.69) is 15.0 Å². The second-order valence-electron chi connectivity index (χ2n) is 7.49. The predicted molar refractivity (Wildman–Crippen MR) is 115 cm³/mol. The number of pyridine rings is 2. The van der Waals surface area contributed by atoms with Crippen LogP contribution in [0.5, 0.6) is 0 Å². The maximum Gasteiger partial charge on any atom is 0.329 e. The molecule has 156 valence electrons. The lowest BCUT2D eigenvalue weighted by Gasteiger charge is -2.17. The number of aromatic amines is 1. The molecule has 0 aliphatic carbocycles. The number of hydrogen-bond donors (Lipinski definition) is 2. The maximum absolute atomic E-state index is 13.5. The Morgan fingerprint density at radius 1 is 1.17 bits per heavy atom. The van der Waals surface area contributed by atoms with Crippen LogP contribution in [0.3, 0.4) is 0 Å². The van der Waals surface area contributed by atoms with Gasteiger partial charge in [0.05, 0.1) is 6.54 Å². The first-order valence-corrected chi connectivity index (χ1v) is 9.73. The van der Waals surface area contributed by atoms with Gasteiger partial charge < -0.3 is 5.73 Å². The van der Waals surface area contributed by atoms with E-state index >= 15 is 0 Å². The number of aryl methyl sites for hydroxylation is 2. The molecular weight excluding hydrogens is 406 g/mol. The fraction of sp³-hybridized carbons (Fsp3) is 0.286. The van der Waals surface area contributed by atoms with Crippen LogP contribution in [0, 0.1) is 13.8 Å². The maximum atomic E-state index is 13.5. The van der Waals surface area contributed by atoms with Crippen molar-refractivity contribution in [2.45, 2.75) is 40.2 Å². The van der Waals surface area contributed by atoms with Gasteiger partial charge in [-0.3, -0.25) is 19.1 Å². The lowest BCUT2D eigenvalue weighted by atomic mass is 9.98. The third kappa shape index (κ3) is 4.33. The molecule has 0 bridgehead atoms. The lowest BCUT2D eigenvalue weighted by molar-refractivity contribution is 0.102. The molecule has 3 rings (SSSR count). The molecule has 30 heavy (non-hydrogen) atoms. The Morgan fingerprint density at radius 3 is 2.47 bits per heavy atom. The number of carbonyl (C=O) groups is 1. The second-order valence-corrected chi connectivity index (χ2v) is 7.87. The van der Waals surface area contributed by atoms with Gasteiger partial charge in [-0.25, -0.2) is 14.8 Å². The number of rotatable bonds is 5. The molecule has 0 saturated carbocycles. The van der Waals surface area contributed by atoms with Crippen molar-refractivity contribution >= 4 is 23.2 Å². The van der Waals surface area contributed by atoms with Gasteiger partial charge in [-0.2, -0.15) is 0 Å². The summed E-state index contributed by atoms with van der Waals surface area (Å²) in [5, 5.41) is 0.162. The van der Waals surface area contributed by atoms with Crippen molar-refractivity contribution in [1.29, 1.82) is 0 Å². The van der Waals surface area contributed by atoms with Crippen LogP contribution in [0.15, 0.2) is 33.9 Å². The number of carbonyl (C=O) groups excluding carboxylic acids is 1. The van der Waals surface area contributed by atoms with Crippen molar-refractivity contribution in [2.75, 3.05) is 5.73 Å². The SMILES string of the molecule is Cc1cc(C)nc(C(=O)c2c(C(C)C)c(=O)[nH]c(=O)n2Cc2cc(N)nc(Cl)c2)c1. The van der Waals surface area contributed by atoms with Crippen molar-refractivity contribution in [1.82, 2.24) is 19.5 Å². The molecule has 3 aromatic heterocycles. The lowest BCUT2D eigenvalue weighted by Crippen LogP contribution is -2.38. The standard InChI is InChI=1S/C21H22ClN5O3/c1-10(2)17-18(19(28)14-6-11(3)5-12(4)24-14)27(21(30)26-20(17)29)9-13-7-15(22)25-16(23)8-13/h5-8,10H,9H2,1-4H3,(H2,23,25)(H,26,29,30). The quantitative estimate of drug-likeness (QED) is 0.476. The molecule has 0 aromatic carbocycles.